The topological polar surface area (TPSA) is 63.3 Å². The summed E-state index contributed by atoms with van der Waals surface area (Å²) >= 11 is 0. The number of carboxylic acid groups (broad SMARTS) is 1. The molecule has 0 radical (unpaired) electrons. The highest BCUT2D eigenvalue weighted by atomic mass is 16.4. The van der Waals surface area contributed by atoms with E-state index in [-0.39, 0.29) is 17.4 Å². The Morgan fingerprint density at radius 1 is 1.58 bits per heavy atom. The maximum atomic E-state index is 10.7. The average Bonchev–Trinajstić information content (AvgIpc) is 1.83. The molecule has 0 aromatic rings. The number of carboxylic acids is 1. The lowest BCUT2D eigenvalue weighted by Gasteiger charge is -2.36. The highest BCUT2D eigenvalue weighted by Gasteiger charge is 2.36. The summed E-state index contributed by atoms with van der Waals surface area (Å²) in [4.78, 5) is 10.7. The molecule has 0 amide bonds. The summed E-state index contributed by atoms with van der Waals surface area (Å²) in [6.07, 6.45) is 2.52. The molecule has 0 heterocycles. The molecular formula is C9H17NO2. The highest BCUT2D eigenvalue weighted by Crippen LogP contribution is 2.37. The van der Waals surface area contributed by atoms with Crippen LogP contribution in [-0.4, -0.2) is 17.1 Å². The Labute approximate surface area is 72.9 Å². The van der Waals surface area contributed by atoms with Gasteiger partial charge in [0.15, 0.2) is 0 Å². The third kappa shape index (κ3) is 1.97. The van der Waals surface area contributed by atoms with Gasteiger partial charge in [-0.25, -0.2) is 0 Å². The fourth-order valence-corrected chi connectivity index (χ4v) is 1.95. The number of carbonyl (C=O) groups is 1. The molecule has 0 spiro atoms. The molecule has 2 atom stereocenters. The zero-order valence-corrected chi connectivity index (χ0v) is 7.71. The molecule has 0 saturated heterocycles. The van der Waals surface area contributed by atoms with Crippen molar-refractivity contribution in [2.24, 2.45) is 17.1 Å². The van der Waals surface area contributed by atoms with Gasteiger partial charge < -0.3 is 10.8 Å². The van der Waals surface area contributed by atoms with E-state index in [1.165, 1.54) is 0 Å². The van der Waals surface area contributed by atoms with Gasteiger partial charge in [-0.1, -0.05) is 13.8 Å². The fraction of sp³-hybridized carbons (Fsp3) is 0.889. The number of aliphatic carboxylic acids is 1. The molecule has 12 heavy (non-hydrogen) atoms. The van der Waals surface area contributed by atoms with Crippen molar-refractivity contribution < 1.29 is 9.90 Å². The molecule has 0 aliphatic heterocycles. The van der Waals surface area contributed by atoms with E-state index in [1.54, 1.807) is 0 Å². The third-order valence-electron chi connectivity index (χ3n) is 2.75. The van der Waals surface area contributed by atoms with Gasteiger partial charge in [0, 0.05) is 6.04 Å². The minimum absolute atomic E-state index is 0.161. The predicted molar refractivity (Wildman–Crippen MR) is 46.7 cm³/mol. The molecule has 70 valence electrons. The van der Waals surface area contributed by atoms with Gasteiger partial charge in [0.1, 0.15) is 0 Å². The molecule has 3 N–H and O–H groups in total. The number of rotatable bonds is 1. The molecule has 0 bridgehead atoms. The first-order valence-electron chi connectivity index (χ1n) is 4.41. The third-order valence-corrected chi connectivity index (χ3v) is 2.75. The minimum Gasteiger partial charge on any atom is -0.481 e. The smallest absolute Gasteiger partial charge is 0.308 e. The molecule has 1 aliphatic carbocycles. The van der Waals surface area contributed by atoms with Crippen LogP contribution < -0.4 is 5.73 Å². The summed E-state index contributed by atoms with van der Waals surface area (Å²) in [7, 11) is 0. The van der Waals surface area contributed by atoms with Crippen LogP contribution in [0.3, 0.4) is 0 Å². The SMILES string of the molecule is CC1(C)CCC(C(=O)O)C(N)C1. The van der Waals surface area contributed by atoms with Crippen LogP contribution in [0.5, 0.6) is 0 Å². The summed E-state index contributed by atoms with van der Waals surface area (Å²) in [5.41, 5.74) is 6.00. The van der Waals surface area contributed by atoms with Crippen LogP contribution in [0.25, 0.3) is 0 Å². The molecule has 3 heteroatoms. The minimum atomic E-state index is -0.738. The van der Waals surface area contributed by atoms with Gasteiger partial charge in [-0.05, 0) is 24.7 Å². The predicted octanol–water partition coefficient (Wildman–Crippen LogP) is 1.22. The summed E-state index contributed by atoms with van der Waals surface area (Å²) in [5, 5.41) is 8.80. The van der Waals surface area contributed by atoms with Gasteiger partial charge in [0.2, 0.25) is 0 Å². The largest absolute Gasteiger partial charge is 0.481 e. The van der Waals surface area contributed by atoms with Gasteiger partial charge in [-0.2, -0.15) is 0 Å². The normalized spacial score (nSPS) is 34.6. The van der Waals surface area contributed by atoms with Crippen LogP contribution in [0.15, 0.2) is 0 Å². The molecule has 1 rings (SSSR count). The first-order valence-corrected chi connectivity index (χ1v) is 4.41. The molecule has 1 fully saturated rings. The Hall–Kier alpha value is -0.570. The van der Waals surface area contributed by atoms with Gasteiger partial charge in [-0.3, -0.25) is 4.79 Å². The second kappa shape index (κ2) is 3.05. The molecule has 0 aromatic heterocycles. The standard InChI is InChI=1S/C9H17NO2/c1-9(2)4-3-6(8(11)12)7(10)5-9/h6-7H,3-5,10H2,1-2H3,(H,11,12). The lowest BCUT2D eigenvalue weighted by Crippen LogP contribution is -2.43. The second-order valence-electron chi connectivity index (χ2n) is 4.52. The van der Waals surface area contributed by atoms with Crippen molar-refractivity contribution in [3.63, 3.8) is 0 Å². The van der Waals surface area contributed by atoms with E-state index in [9.17, 15) is 4.79 Å². The molecular weight excluding hydrogens is 154 g/mol. The van der Waals surface area contributed by atoms with Crippen molar-refractivity contribution in [1.29, 1.82) is 0 Å². The van der Waals surface area contributed by atoms with E-state index in [4.69, 9.17) is 10.8 Å². The average molecular weight is 171 g/mol. The Balaban J connectivity index is 2.60. The van der Waals surface area contributed by atoms with Gasteiger partial charge in [0.25, 0.3) is 0 Å². The highest BCUT2D eigenvalue weighted by molar-refractivity contribution is 5.71. The summed E-state index contributed by atoms with van der Waals surface area (Å²) in [5.74, 6) is -1.06. The van der Waals surface area contributed by atoms with Crippen molar-refractivity contribution >= 4 is 5.97 Å². The Bertz CT molecular complexity index is 189. The van der Waals surface area contributed by atoms with Crippen molar-refractivity contribution in [3.05, 3.63) is 0 Å². The quantitative estimate of drug-likeness (QED) is 0.623. The van der Waals surface area contributed by atoms with Crippen LogP contribution in [0, 0.1) is 11.3 Å². The van der Waals surface area contributed by atoms with Gasteiger partial charge >= 0.3 is 5.97 Å². The first-order chi connectivity index (χ1) is 5.42. The van der Waals surface area contributed by atoms with E-state index in [0.717, 1.165) is 19.3 Å². The fourth-order valence-electron chi connectivity index (χ4n) is 1.95. The van der Waals surface area contributed by atoms with Crippen LogP contribution in [0.1, 0.15) is 33.1 Å². The molecule has 2 unspecified atom stereocenters. The van der Waals surface area contributed by atoms with Crippen molar-refractivity contribution in [1.82, 2.24) is 0 Å². The molecule has 3 nitrogen and oxygen atoms in total. The summed E-state index contributed by atoms with van der Waals surface area (Å²) in [6.45, 7) is 4.29. The summed E-state index contributed by atoms with van der Waals surface area (Å²) < 4.78 is 0. The molecule has 1 saturated carbocycles. The van der Waals surface area contributed by atoms with Gasteiger partial charge in [-0.15, -0.1) is 0 Å². The Kier molecular flexibility index (Phi) is 2.42. The van der Waals surface area contributed by atoms with E-state index in [1.807, 2.05) is 0 Å². The van der Waals surface area contributed by atoms with Crippen LogP contribution >= 0.6 is 0 Å². The van der Waals surface area contributed by atoms with E-state index < -0.39 is 5.97 Å². The maximum absolute atomic E-state index is 10.7. The van der Waals surface area contributed by atoms with E-state index in [0.29, 0.717) is 0 Å². The van der Waals surface area contributed by atoms with Crippen molar-refractivity contribution in [2.45, 2.75) is 39.2 Å². The number of hydrogen-bond acceptors (Lipinski definition) is 2. The van der Waals surface area contributed by atoms with E-state index in [2.05, 4.69) is 13.8 Å². The van der Waals surface area contributed by atoms with Crippen molar-refractivity contribution in [3.8, 4) is 0 Å². The summed E-state index contributed by atoms with van der Waals surface area (Å²) in [6, 6.07) is -0.161. The number of nitrogens with two attached hydrogens (primary N) is 1. The van der Waals surface area contributed by atoms with Crippen LogP contribution in [-0.2, 0) is 4.79 Å². The van der Waals surface area contributed by atoms with Crippen molar-refractivity contribution in [2.75, 3.05) is 0 Å². The lowest BCUT2D eigenvalue weighted by atomic mass is 9.70. The van der Waals surface area contributed by atoms with Crippen LogP contribution in [0.4, 0.5) is 0 Å². The first kappa shape index (κ1) is 9.52. The number of hydrogen-bond donors (Lipinski definition) is 2. The van der Waals surface area contributed by atoms with Gasteiger partial charge in [0.05, 0.1) is 5.92 Å². The van der Waals surface area contributed by atoms with E-state index >= 15 is 0 Å². The monoisotopic (exact) mass is 171 g/mol. The lowest BCUT2D eigenvalue weighted by molar-refractivity contribution is -0.144. The molecule has 0 aromatic carbocycles. The second-order valence-corrected chi connectivity index (χ2v) is 4.52. The van der Waals surface area contributed by atoms with Crippen LogP contribution in [0.2, 0.25) is 0 Å². The molecule has 1 aliphatic rings. The zero-order chi connectivity index (χ0) is 9.35. The Morgan fingerprint density at radius 3 is 2.58 bits per heavy atom. The Morgan fingerprint density at radius 2 is 2.17 bits per heavy atom. The zero-order valence-electron chi connectivity index (χ0n) is 7.71. The maximum Gasteiger partial charge on any atom is 0.308 e.